The molecule has 0 aliphatic rings. The summed E-state index contributed by atoms with van der Waals surface area (Å²) >= 11 is 0. The van der Waals surface area contributed by atoms with Crippen molar-refractivity contribution in [1.82, 2.24) is 14.7 Å². The Kier molecular flexibility index (Phi) is 6.77. The topological polar surface area (TPSA) is 64.4 Å². The van der Waals surface area contributed by atoms with Crippen molar-refractivity contribution in [3.8, 4) is 5.75 Å². The Balaban J connectivity index is 2.42. The van der Waals surface area contributed by atoms with E-state index in [4.69, 9.17) is 4.74 Å². The molecule has 6 nitrogen and oxygen atoms in total. The van der Waals surface area contributed by atoms with Crippen LogP contribution in [0.25, 0.3) is 10.9 Å². The molecule has 0 fully saturated rings. The minimum absolute atomic E-state index is 0.0108. The van der Waals surface area contributed by atoms with Crippen LogP contribution in [0.5, 0.6) is 5.75 Å². The second-order valence-corrected chi connectivity index (χ2v) is 6.74. The Morgan fingerprint density at radius 2 is 2.00 bits per heavy atom. The number of carbonyl (C=O) groups excluding carboxylic acids is 2. The molecule has 0 N–H and O–H groups in total. The van der Waals surface area contributed by atoms with Crippen LogP contribution in [0, 0.1) is 5.92 Å². The molecule has 2 aromatic rings. The van der Waals surface area contributed by atoms with Crippen LogP contribution < -0.4 is 4.74 Å². The molecule has 0 saturated carbocycles. The molecule has 1 amide bonds. The molecular weight excluding hydrogens is 330 g/mol. The number of rotatable bonds is 9. The summed E-state index contributed by atoms with van der Waals surface area (Å²) in [6.07, 6.45) is 2.02. The predicted molar refractivity (Wildman–Crippen MR) is 103 cm³/mol. The second kappa shape index (κ2) is 8.83. The Labute approximate surface area is 155 Å². The number of methoxy groups -OCH3 is 1. The highest BCUT2D eigenvalue weighted by Gasteiger charge is 2.22. The molecule has 0 spiro atoms. The van der Waals surface area contributed by atoms with Gasteiger partial charge in [-0.1, -0.05) is 27.2 Å². The molecule has 1 aromatic heterocycles. The Morgan fingerprint density at radius 3 is 2.58 bits per heavy atom. The van der Waals surface area contributed by atoms with Gasteiger partial charge >= 0.3 is 0 Å². The van der Waals surface area contributed by atoms with E-state index in [0.717, 1.165) is 30.3 Å². The van der Waals surface area contributed by atoms with Gasteiger partial charge in [0.1, 0.15) is 18.0 Å². The van der Waals surface area contributed by atoms with Gasteiger partial charge in [0.15, 0.2) is 5.78 Å². The van der Waals surface area contributed by atoms with Crippen molar-refractivity contribution >= 4 is 22.6 Å². The fraction of sp³-hybridized carbons (Fsp3) is 0.550. The number of hydrogen-bond donors (Lipinski definition) is 0. The number of amides is 1. The van der Waals surface area contributed by atoms with Crippen LogP contribution in [0.2, 0.25) is 0 Å². The maximum Gasteiger partial charge on any atom is 0.244 e. The lowest BCUT2D eigenvalue weighted by Gasteiger charge is -2.20. The van der Waals surface area contributed by atoms with Gasteiger partial charge in [0.05, 0.1) is 12.6 Å². The van der Waals surface area contributed by atoms with Crippen molar-refractivity contribution in [2.24, 2.45) is 5.92 Å². The number of likely N-dealkylation sites (N-methyl/N-ethyl adjacent to an activating group) is 1. The summed E-state index contributed by atoms with van der Waals surface area (Å²) in [5, 5.41) is 5.25. The molecule has 2 rings (SSSR count). The van der Waals surface area contributed by atoms with Crippen LogP contribution in [0.3, 0.4) is 0 Å². The van der Waals surface area contributed by atoms with Gasteiger partial charge in [0.2, 0.25) is 5.91 Å². The number of nitrogens with zero attached hydrogens (tertiary/aromatic N) is 3. The van der Waals surface area contributed by atoms with Gasteiger partial charge in [0, 0.05) is 30.5 Å². The first-order valence-electron chi connectivity index (χ1n) is 9.29. The van der Waals surface area contributed by atoms with Crippen LogP contribution in [0.1, 0.15) is 51.0 Å². The lowest BCUT2D eigenvalue weighted by atomic mass is 10.0. The van der Waals surface area contributed by atoms with Gasteiger partial charge < -0.3 is 9.64 Å². The first-order valence-corrected chi connectivity index (χ1v) is 9.29. The van der Waals surface area contributed by atoms with E-state index >= 15 is 0 Å². The van der Waals surface area contributed by atoms with Crippen molar-refractivity contribution in [2.75, 3.05) is 20.2 Å². The third-order valence-corrected chi connectivity index (χ3v) is 4.52. The van der Waals surface area contributed by atoms with Crippen LogP contribution in [-0.2, 0) is 11.3 Å². The van der Waals surface area contributed by atoms with Crippen molar-refractivity contribution < 1.29 is 14.3 Å². The lowest BCUT2D eigenvalue weighted by molar-refractivity contribution is -0.131. The van der Waals surface area contributed by atoms with Crippen LogP contribution >= 0.6 is 0 Å². The maximum absolute atomic E-state index is 12.7. The van der Waals surface area contributed by atoms with E-state index in [-0.39, 0.29) is 24.2 Å². The minimum Gasteiger partial charge on any atom is -0.497 e. The molecule has 1 heterocycles. The average molecular weight is 359 g/mol. The summed E-state index contributed by atoms with van der Waals surface area (Å²) in [5.41, 5.74) is 1.16. The highest BCUT2D eigenvalue weighted by molar-refractivity contribution is 6.07. The van der Waals surface area contributed by atoms with E-state index in [1.165, 1.54) is 0 Å². The molecule has 0 radical (unpaired) electrons. The number of unbranched alkanes of at least 4 members (excludes halogenated alkanes) is 1. The summed E-state index contributed by atoms with van der Waals surface area (Å²) in [6, 6.07) is 5.48. The fourth-order valence-electron chi connectivity index (χ4n) is 2.89. The molecule has 0 unspecified atom stereocenters. The zero-order valence-corrected chi connectivity index (χ0v) is 16.4. The predicted octanol–water partition coefficient (Wildman–Crippen LogP) is 3.53. The second-order valence-electron chi connectivity index (χ2n) is 6.74. The van der Waals surface area contributed by atoms with E-state index in [1.54, 1.807) is 11.8 Å². The number of ketones is 1. The van der Waals surface area contributed by atoms with Gasteiger partial charge in [-0.25, -0.2) is 0 Å². The summed E-state index contributed by atoms with van der Waals surface area (Å²) in [7, 11) is 1.59. The largest absolute Gasteiger partial charge is 0.497 e. The first kappa shape index (κ1) is 19.9. The van der Waals surface area contributed by atoms with Crippen molar-refractivity contribution in [3.63, 3.8) is 0 Å². The van der Waals surface area contributed by atoms with Crippen molar-refractivity contribution in [1.29, 1.82) is 0 Å². The van der Waals surface area contributed by atoms with Crippen molar-refractivity contribution in [2.45, 2.75) is 47.1 Å². The third-order valence-electron chi connectivity index (χ3n) is 4.52. The third kappa shape index (κ3) is 4.23. The molecular formula is C20H29N3O3. The Hall–Kier alpha value is -2.37. The Bertz CT molecular complexity index is 780. The van der Waals surface area contributed by atoms with E-state index in [0.29, 0.717) is 18.0 Å². The van der Waals surface area contributed by atoms with Crippen molar-refractivity contribution in [3.05, 3.63) is 23.9 Å². The number of benzene rings is 1. The Morgan fingerprint density at radius 1 is 1.27 bits per heavy atom. The van der Waals surface area contributed by atoms with E-state index < -0.39 is 0 Å². The number of fused-ring (bicyclic) bond motifs is 1. The van der Waals surface area contributed by atoms with Crippen LogP contribution in [0.4, 0.5) is 0 Å². The van der Waals surface area contributed by atoms with E-state index in [9.17, 15) is 9.59 Å². The molecule has 1 aromatic carbocycles. The van der Waals surface area contributed by atoms with E-state index in [2.05, 4.69) is 12.0 Å². The van der Waals surface area contributed by atoms with Gasteiger partial charge in [-0.3, -0.25) is 14.3 Å². The number of hydrogen-bond acceptors (Lipinski definition) is 4. The lowest BCUT2D eigenvalue weighted by Crippen LogP contribution is -2.34. The number of carbonyl (C=O) groups is 2. The molecule has 0 atom stereocenters. The summed E-state index contributed by atoms with van der Waals surface area (Å²) in [4.78, 5) is 27.1. The van der Waals surface area contributed by atoms with Gasteiger partial charge in [-0.05, 0) is 25.5 Å². The smallest absolute Gasteiger partial charge is 0.244 e. The average Bonchev–Trinajstić information content (AvgIpc) is 2.99. The monoisotopic (exact) mass is 359 g/mol. The number of Topliss-reactive ketones (excluding diaryl/α,β-unsaturated/α-hetero) is 1. The molecule has 142 valence electrons. The number of ether oxygens (including phenoxy) is 1. The molecule has 0 aliphatic heterocycles. The van der Waals surface area contributed by atoms with Gasteiger partial charge in [-0.15, -0.1) is 0 Å². The highest BCUT2D eigenvalue weighted by atomic mass is 16.5. The molecule has 6 heteroatoms. The summed E-state index contributed by atoms with van der Waals surface area (Å²) in [6.45, 7) is 9.32. The van der Waals surface area contributed by atoms with Gasteiger partial charge in [-0.2, -0.15) is 5.10 Å². The standard InChI is InChI=1S/C20H29N3O3/c1-6-8-11-22(7-2)18(24)13-23-17-12-15(26-5)9-10-16(17)19(21-23)20(25)14(3)4/h9-10,12,14H,6-8,11,13H2,1-5H3. The zero-order chi connectivity index (χ0) is 19.3. The molecule has 0 bridgehead atoms. The fourth-order valence-corrected chi connectivity index (χ4v) is 2.89. The quantitative estimate of drug-likeness (QED) is 0.643. The maximum atomic E-state index is 12.7. The van der Waals surface area contributed by atoms with E-state index in [1.807, 2.05) is 43.9 Å². The first-order chi connectivity index (χ1) is 12.4. The van der Waals surface area contributed by atoms with Crippen LogP contribution in [-0.4, -0.2) is 46.6 Å². The molecule has 0 aliphatic carbocycles. The highest BCUT2D eigenvalue weighted by Crippen LogP contribution is 2.25. The summed E-state index contributed by atoms with van der Waals surface area (Å²) in [5.74, 6) is 0.505. The minimum atomic E-state index is -0.156. The number of aromatic nitrogens is 2. The van der Waals surface area contributed by atoms with Crippen LogP contribution in [0.15, 0.2) is 18.2 Å². The molecule has 0 saturated heterocycles. The molecule has 26 heavy (non-hydrogen) atoms. The summed E-state index contributed by atoms with van der Waals surface area (Å²) < 4.78 is 6.93. The normalized spacial score (nSPS) is 11.2. The SMILES string of the molecule is CCCCN(CC)C(=O)Cn1nc(C(=O)C(C)C)c2ccc(OC)cc21. The van der Waals surface area contributed by atoms with Gasteiger partial charge in [0.25, 0.3) is 0 Å². The zero-order valence-electron chi connectivity index (χ0n) is 16.4.